The molecule has 2 heterocycles. The number of carboxylic acids is 1. The Kier molecular flexibility index (Phi) is 5.80. The Labute approximate surface area is 124 Å². The van der Waals surface area contributed by atoms with E-state index in [0.717, 1.165) is 18.0 Å². The Morgan fingerprint density at radius 3 is 2.90 bits per heavy atom. The summed E-state index contributed by atoms with van der Waals surface area (Å²) in [5.74, 6) is 0.0218. The summed E-state index contributed by atoms with van der Waals surface area (Å²) < 4.78 is 0. The van der Waals surface area contributed by atoms with Crippen molar-refractivity contribution in [3.63, 3.8) is 0 Å². The predicted molar refractivity (Wildman–Crippen MR) is 83.9 cm³/mol. The van der Waals surface area contributed by atoms with Crippen LogP contribution in [0.2, 0.25) is 0 Å². The lowest BCUT2D eigenvalue weighted by molar-refractivity contribution is -0.131. The van der Waals surface area contributed by atoms with Crippen molar-refractivity contribution in [1.29, 1.82) is 0 Å². The van der Waals surface area contributed by atoms with Crippen molar-refractivity contribution in [2.75, 3.05) is 13.1 Å². The first-order valence-corrected chi connectivity index (χ1v) is 8.26. The molecule has 0 radical (unpaired) electrons. The molecular weight excluding hydrogens is 270 g/mol. The maximum Gasteiger partial charge on any atom is 0.328 e. The highest BCUT2D eigenvalue weighted by Gasteiger charge is 2.19. The third-order valence-electron chi connectivity index (χ3n) is 3.96. The Morgan fingerprint density at radius 2 is 2.25 bits per heavy atom. The van der Waals surface area contributed by atoms with Gasteiger partial charge in [-0.05, 0) is 54.9 Å². The van der Waals surface area contributed by atoms with Crippen LogP contribution >= 0.6 is 11.3 Å². The first kappa shape index (κ1) is 15.3. The zero-order valence-corrected chi connectivity index (χ0v) is 12.9. The van der Waals surface area contributed by atoms with Crippen molar-refractivity contribution in [3.8, 4) is 0 Å². The molecule has 0 aromatic carbocycles. The number of rotatable bonds is 6. The molecule has 0 amide bonds. The van der Waals surface area contributed by atoms with Gasteiger partial charge in [0.1, 0.15) is 0 Å². The van der Waals surface area contributed by atoms with Gasteiger partial charge >= 0.3 is 5.97 Å². The highest BCUT2D eigenvalue weighted by atomic mass is 32.1. The van der Waals surface area contributed by atoms with Crippen LogP contribution in [0.4, 0.5) is 0 Å². The number of aliphatic carboxylic acids is 1. The quantitative estimate of drug-likeness (QED) is 0.810. The zero-order valence-electron chi connectivity index (χ0n) is 12.0. The van der Waals surface area contributed by atoms with Crippen molar-refractivity contribution in [3.05, 3.63) is 28.0 Å². The number of likely N-dealkylation sites (tertiary alicyclic amines) is 1. The summed E-state index contributed by atoms with van der Waals surface area (Å²) in [5, 5.41) is 10.8. The van der Waals surface area contributed by atoms with Crippen LogP contribution in [-0.2, 0) is 11.3 Å². The molecule has 2 rings (SSSR count). The second-order valence-electron chi connectivity index (χ2n) is 5.48. The van der Waals surface area contributed by atoms with Crippen LogP contribution in [0.1, 0.15) is 43.0 Å². The molecule has 20 heavy (non-hydrogen) atoms. The van der Waals surface area contributed by atoms with Crippen molar-refractivity contribution in [2.45, 2.75) is 39.2 Å². The molecule has 0 aliphatic carbocycles. The van der Waals surface area contributed by atoms with E-state index in [1.54, 1.807) is 17.4 Å². The number of hydrogen-bond acceptors (Lipinski definition) is 3. The summed E-state index contributed by atoms with van der Waals surface area (Å²) in [7, 11) is 0. The number of thiophene rings is 1. The van der Waals surface area contributed by atoms with Gasteiger partial charge in [-0.3, -0.25) is 4.90 Å². The first-order chi connectivity index (χ1) is 9.69. The molecule has 1 aliphatic heterocycles. The lowest BCUT2D eigenvalue weighted by Crippen LogP contribution is -2.33. The van der Waals surface area contributed by atoms with Gasteiger partial charge in [0.15, 0.2) is 0 Å². The van der Waals surface area contributed by atoms with E-state index in [-0.39, 0.29) is 0 Å². The van der Waals surface area contributed by atoms with Gasteiger partial charge in [-0.1, -0.05) is 19.8 Å². The Balaban J connectivity index is 1.88. The molecule has 110 valence electrons. The summed E-state index contributed by atoms with van der Waals surface area (Å²) in [6, 6.07) is 2.00. The molecule has 0 unspecified atom stereocenters. The molecule has 0 bridgehead atoms. The topological polar surface area (TPSA) is 40.5 Å². The van der Waals surface area contributed by atoms with Crippen molar-refractivity contribution in [2.24, 2.45) is 5.92 Å². The highest BCUT2D eigenvalue weighted by Crippen LogP contribution is 2.25. The molecule has 0 atom stereocenters. The molecule has 1 aliphatic rings. The largest absolute Gasteiger partial charge is 0.478 e. The van der Waals surface area contributed by atoms with Crippen LogP contribution in [0.5, 0.6) is 0 Å². The third kappa shape index (κ3) is 4.46. The van der Waals surface area contributed by atoms with Crippen LogP contribution in [0.3, 0.4) is 0 Å². The van der Waals surface area contributed by atoms with Gasteiger partial charge in [0, 0.05) is 17.5 Å². The van der Waals surface area contributed by atoms with E-state index in [2.05, 4.69) is 11.8 Å². The summed E-state index contributed by atoms with van der Waals surface area (Å²) in [4.78, 5) is 14.4. The fourth-order valence-electron chi connectivity index (χ4n) is 2.83. The lowest BCUT2D eigenvalue weighted by Gasteiger charge is -2.31. The number of carbonyl (C=O) groups is 1. The van der Waals surface area contributed by atoms with E-state index < -0.39 is 5.97 Å². The monoisotopic (exact) mass is 293 g/mol. The predicted octanol–water partition coefficient (Wildman–Crippen LogP) is 3.86. The minimum Gasteiger partial charge on any atom is -0.478 e. The highest BCUT2D eigenvalue weighted by molar-refractivity contribution is 7.10. The summed E-state index contributed by atoms with van der Waals surface area (Å²) in [6.45, 7) is 5.56. The second kappa shape index (κ2) is 7.60. The van der Waals surface area contributed by atoms with Gasteiger partial charge in [-0.25, -0.2) is 4.79 Å². The second-order valence-corrected chi connectivity index (χ2v) is 6.48. The number of carboxylic acid groups (broad SMARTS) is 1. The van der Waals surface area contributed by atoms with Gasteiger partial charge in [-0.15, -0.1) is 11.3 Å². The van der Waals surface area contributed by atoms with Gasteiger partial charge in [0.05, 0.1) is 0 Å². The van der Waals surface area contributed by atoms with Crippen LogP contribution < -0.4 is 0 Å². The van der Waals surface area contributed by atoms with E-state index in [9.17, 15) is 4.79 Å². The van der Waals surface area contributed by atoms with E-state index in [4.69, 9.17) is 5.11 Å². The number of piperidine rings is 1. The van der Waals surface area contributed by atoms with Crippen molar-refractivity contribution in [1.82, 2.24) is 4.90 Å². The van der Waals surface area contributed by atoms with Crippen LogP contribution in [0.25, 0.3) is 6.08 Å². The molecule has 0 spiro atoms. The van der Waals surface area contributed by atoms with Gasteiger partial charge in [0.25, 0.3) is 0 Å². The number of hydrogen-bond donors (Lipinski definition) is 1. The van der Waals surface area contributed by atoms with Gasteiger partial charge in [0.2, 0.25) is 0 Å². The van der Waals surface area contributed by atoms with Crippen LogP contribution in [0.15, 0.2) is 17.5 Å². The average Bonchev–Trinajstić information content (AvgIpc) is 2.86. The van der Waals surface area contributed by atoms with E-state index in [1.807, 2.05) is 11.4 Å². The Bertz CT molecular complexity index is 459. The van der Waals surface area contributed by atoms with E-state index in [1.165, 1.54) is 49.7 Å². The van der Waals surface area contributed by atoms with Crippen molar-refractivity contribution >= 4 is 23.4 Å². The van der Waals surface area contributed by atoms with Crippen molar-refractivity contribution < 1.29 is 9.90 Å². The third-order valence-corrected chi connectivity index (χ3v) is 4.88. The van der Waals surface area contributed by atoms with E-state index in [0.29, 0.717) is 0 Å². The van der Waals surface area contributed by atoms with Gasteiger partial charge < -0.3 is 5.11 Å². The Hall–Kier alpha value is -1.13. The van der Waals surface area contributed by atoms with Crippen LogP contribution in [-0.4, -0.2) is 29.1 Å². The van der Waals surface area contributed by atoms with Crippen LogP contribution in [0, 0.1) is 5.92 Å². The summed E-state index contributed by atoms with van der Waals surface area (Å²) in [5.41, 5.74) is 1.05. The average molecular weight is 293 g/mol. The minimum atomic E-state index is -0.887. The standard InChI is InChI=1S/C16H23NO2S/c1-2-3-13-6-9-17(10-7-13)12-15-14(8-11-20-15)4-5-16(18)19/h4-5,8,11,13H,2-3,6-7,9-10,12H2,1H3,(H,18,19). The molecular formula is C16H23NO2S. The minimum absolute atomic E-state index is 0.887. The SMILES string of the molecule is CCCC1CCN(Cc2sccc2C=CC(=O)O)CC1. The molecule has 4 heteroatoms. The molecule has 1 aromatic heterocycles. The lowest BCUT2D eigenvalue weighted by atomic mass is 9.92. The summed E-state index contributed by atoms with van der Waals surface area (Å²) in [6.07, 6.45) is 8.19. The normalized spacial score (nSPS) is 17.9. The fraction of sp³-hybridized carbons (Fsp3) is 0.562. The van der Waals surface area contributed by atoms with Gasteiger partial charge in [-0.2, -0.15) is 0 Å². The fourth-order valence-corrected chi connectivity index (χ4v) is 3.74. The van der Waals surface area contributed by atoms with E-state index >= 15 is 0 Å². The molecule has 3 nitrogen and oxygen atoms in total. The molecule has 1 N–H and O–H groups in total. The zero-order chi connectivity index (χ0) is 14.4. The first-order valence-electron chi connectivity index (χ1n) is 7.38. The molecule has 1 fully saturated rings. The maximum atomic E-state index is 10.6. The Morgan fingerprint density at radius 1 is 1.50 bits per heavy atom. The smallest absolute Gasteiger partial charge is 0.328 e. The molecule has 0 saturated carbocycles. The number of nitrogens with zero attached hydrogens (tertiary/aromatic N) is 1. The maximum absolute atomic E-state index is 10.6. The summed E-state index contributed by atoms with van der Waals surface area (Å²) >= 11 is 1.72. The molecule has 1 aromatic rings. The molecule has 1 saturated heterocycles.